The Bertz CT molecular complexity index is 1390. The molecule has 7 heteroatoms. The first-order chi connectivity index (χ1) is 18.0. The zero-order valence-corrected chi connectivity index (χ0v) is 21.6. The van der Waals surface area contributed by atoms with Crippen molar-refractivity contribution in [2.24, 2.45) is 0 Å². The molecule has 0 spiro atoms. The van der Waals surface area contributed by atoms with Crippen LogP contribution in [0.5, 0.6) is 0 Å². The number of amides is 1. The molecule has 1 aliphatic carbocycles. The lowest BCUT2D eigenvalue weighted by atomic mass is 9.76. The molecule has 0 radical (unpaired) electrons. The van der Waals surface area contributed by atoms with Gasteiger partial charge in [-0.3, -0.25) is 9.69 Å². The van der Waals surface area contributed by atoms with Gasteiger partial charge in [0.15, 0.2) is 0 Å². The van der Waals surface area contributed by atoms with E-state index in [9.17, 15) is 15.2 Å². The van der Waals surface area contributed by atoms with Crippen LogP contribution in [0.4, 0.5) is 0 Å². The molecule has 2 atom stereocenters. The number of nitriles is 1. The highest BCUT2D eigenvalue weighted by molar-refractivity contribution is 6.29. The van der Waals surface area contributed by atoms with Gasteiger partial charge >= 0.3 is 0 Å². The maximum absolute atomic E-state index is 13.6. The Hall–Kier alpha value is -2.98. The molecule has 0 bridgehead atoms. The lowest BCUT2D eigenvalue weighted by molar-refractivity contribution is 0.0192. The van der Waals surface area contributed by atoms with Gasteiger partial charge in [-0.25, -0.2) is 4.98 Å². The lowest BCUT2D eigenvalue weighted by Gasteiger charge is -2.37. The number of aliphatic hydroxyl groups is 1. The largest absolute Gasteiger partial charge is 0.391 e. The molecule has 37 heavy (non-hydrogen) atoms. The average Bonchev–Trinajstić information content (AvgIpc) is 3.25. The molecule has 2 unspecified atom stereocenters. The van der Waals surface area contributed by atoms with Gasteiger partial charge in [0.2, 0.25) is 0 Å². The molecule has 1 saturated heterocycles. The SMILES string of the molecule is N#CC1(c2cccc(Cl)n2)CCN(Cc2cc3c(c4ccccc24)CN(C2CCCCC2O)C3=O)CC1. The van der Waals surface area contributed by atoms with E-state index in [1.165, 1.54) is 5.39 Å². The molecule has 3 heterocycles. The maximum Gasteiger partial charge on any atom is 0.254 e. The molecular weight excluding hydrogens is 484 g/mol. The van der Waals surface area contributed by atoms with E-state index in [0.29, 0.717) is 24.5 Å². The topological polar surface area (TPSA) is 80.5 Å². The Kier molecular flexibility index (Phi) is 6.40. The summed E-state index contributed by atoms with van der Waals surface area (Å²) in [7, 11) is 0. The number of rotatable bonds is 4. The summed E-state index contributed by atoms with van der Waals surface area (Å²) in [5.41, 5.74) is 3.12. The van der Waals surface area contributed by atoms with Crippen LogP contribution in [0.3, 0.4) is 0 Å². The number of aromatic nitrogens is 1. The Balaban J connectivity index is 1.26. The maximum atomic E-state index is 13.6. The van der Waals surface area contributed by atoms with E-state index in [1.54, 1.807) is 6.07 Å². The van der Waals surface area contributed by atoms with Crippen LogP contribution in [0, 0.1) is 11.3 Å². The lowest BCUT2D eigenvalue weighted by Crippen LogP contribution is -2.45. The van der Waals surface area contributed by atoms with Crippen LogP contribution in [0.1, 0.15) is 65.7 Å². The van der Waals surface area contributed by atoms with Crippen molar-refractivity contribution in [2.75, 3.05) is 13.1 Å². The average molecular weight is 515 g/mol. The summed E-state index contributed by atoms with van der Waals surface area (Å²) in [6.07, 6.45) is 4.63. The number of carbonyl (C=O) groups is 1. The van der Waals surface area contributed by atoms with E-state index in [-0.39, 0.29) is 11.9 Å². The number of benzene rings is 2. The highest BCUT2D eigenvalue weighted by Gasteiger charge is 2.40. The second kappa shape index (κ2) is 9.72. The van der Waals surface area contributed by atoms with Crippen LogP contribution >= 0.6 is 11.6 Å². The van der Waals surface area contributed by atoms with Gasteiger partial charge < -0.3 is 10.0 Å². The van der Waals surface area contributed by atoms with E-state index in [4.69, 9.17) is 11.6 Å². The van der Waals surface area contributed by atoms with Crippen molar-refractivity contribution < 1.29 is 9.90 Å². The minimum Gasteiger partial charge on any atom is -0.391 e. The van der Waals surface area contributed by atoms with Crippen molar-refractivity contribution in [3.05, 3.63) is 76.1 Å². The van der Waals surface area contributed by atoms with Crippen molar-refractivity contribution in [3.63, 3.8) is 0 Å². The van der Waals surface area contributed by atoms with Gasteiger partial charge in [0.25, 0.3) is 5.91 Å². The number of carbonyl (C=O) groups excluding carboxylic acids is 1. The molecule has 2 aromatic carbocycles. The smallest absolute Gasteiger partial charge is 0.254 e. The molecule has 1 aromatic heterocycles. The molecular formula is C30H31ClN4O2. The van der Waals surface area contributed by atoms with Crippen molar-refractivity contribution in [2.45, 2.75) is 69.2 Å². The van der Waals surface area contributed by atoms with Gasteiger partial charge in [-0.05, 0) is 65.8 Å². The number of halogens is 1. The number of piperidine rings is 1. The van der Waals surface area contributed by atoms with Crippen LogP contribution in [-0.2, 0) is 18.5 Å². The highest BCUT2D eigenvalue weighted by atomic mass is 35.5. The summed E-state index contributed by atoms with van der Waals surface area (Å²) in [6, 6.07) is 18.4. The number of hydrogen-bond donors (Lipinski definition) is 1. The van der Waals surface area contributed by atoms with Crippen LogP contribution in [-0.4, -0.2) is 51.0 Å². The molecule has 3 aliphatic rings. The Morgan fingerprint density at radius 2 is 1.84 bits per heavy atom. The normalized spacial score (nSPS) is 23.7. The summed E-state index contributed by atoms with van der Waals surface area (Å²) in [5.74, 6) is 0.0436. The van der Waals surface area contributed by atoms with E-state index in [0.717, 1.165) is 73.1 Å². The third-order valence-corrected chi connectivity index (χ3v) is 8.89. The predicted octanol–water partition coefficient (Wildman–Crippen LogP) is 5.20. The van der Waals surface area contributed by atoms with Gasteiger partial charge in [-0.1, -0.05) is 54.8 Å². The fourth-order valence-corrected chi connectivity index (χ4v) is 6.72. The predicted molar refractivity (Wildman–Crippen MR) is 143 cm³/mol. The van der Waals surface area contributed by atoms with Gasteiger partial charge in [-0.2, -0.15) is 5.26 Å². The van der Waals surface area contributed by atoms with Gasteiger partial charge in [0, 0.05) is 31.7 Å². The molecule has 1 amide bonds. The van der Waals surface area contributed by atoms with Crippen molar-refractivity contribution >= 4 is 28.3 Å². The molecule has 3 aromatic rings. The molecule has 2 fully saturated rings. The van der Waals surface area contributed by atoms with E-state index >= 15 is 0 Å². The molecule has 1 N–H and O–H groups in total. The number of likely N-dealkylation sites (tertiary alicyclic amines) is 1. The summed E-state index contributed by atoms with van der Waals surface area (Å²) in [5, 5.41) is 23.4. The summed E-state index contributed by atoms with van der Waals surface area (Å²) in [6.45, 7) is 2.82. The number of pyridine rings is 1. The van der Waals surface area contributed by atoms with Crippen LogP contribution in [0.2, 0.25) is 5.15 Å². The quantitative estimate of drug-likeness (QED) is 0.484. The minimum absolute atomic E-state index is 0.0436. The fourth-order valence-electron chi connectivity index (χ4n) is 6.56. The fraction of sp³-hybridized carbons (Fsp3) is 0.433. The van der Waals surface area contributed by atoms with E-state index < -0.39 is 11.5 Å². The third kappa shape index (κ3) is 4.29. The molecule has 6 rings (SSSR count). The number of aliphatic hydroxyl groups excluding tert-OH is 1. The van der Waals surface area contributed by atoms with Crippen molar-refractivity contribution in [1.29, 1.82) is 5.26 Å². The molecule has 2 aliphatic heterocycles. The summed E-state index contributed by atoms with van der Waals surface area (Å²) < 4.78 is 0. The van der Waals surface area contributed by atoms with Crippen LogP contribution in [0.25, 0.3) is 10.8 Å². The second-order valence-electron chi connectivity index (χ2n) is 10.8. The zero-order valence-electron chi connectivity index (χ0n) is 20.9. The molecule has 1 saturated carbocycles. The highest BCUT2D eigenvalue weighted by Crippen LogP contribution is 2.38. The van der Waals surface area contributed by atoms with Crippen molar-refractivity contribution in [3.8, 4) is 6.07 Å². The Morgan fingerprint density at radius 1 is 1.08 bits per heavy atom. The first-order valence-electron chi connectivity index (χ1n) is 13.3. The van der Waals surface area contributed by atoms with Gasteiger partial charge in [0.1, 0.15) is 10.6 Å². The molecule has 190 valence electrons. The second-order valence-corrected chi connectivity index (χ2v) is 11.2. The number of nitrogens with zero attached hydrogens (tertiary/aromatic N) is 4. The number of fused-ring (bicyclic) bond motifs is 3. The summed E-state index contributed by atoms with van der Waals surface area (Å²) in [4.78, 5) is 22.3. The van der Waals surface area contributed by atoms with Crippen LogP contribution < -0.4 is 0 Å². The zero-order chi connectivity index (χ0) is 25.6. The van der Waals surface area contributed by atoms with Gasteiger partial charge in [0.05, 0.1) is 23.9 Å². The molecule has 6 nitrogen and oxygen atoms in total. The Morgan fingerprint density at radius 3 is 2.57 bits per heavy atom. The first-order valence-corrected chi connectivity index (χ1v) is 13.7. The summed E-state index contributed by atoms with van der Waals surface area (Å²) >= 11 is 6.12. The van der Waals surface area contributed by atoms with E-state index in [1.807, 2.05) is 23.1 Å². The third-order valence-electron chi connectivity index (χ3n) is 8.68. The van der Waals surface area contributed by atoms with Crippen molar-refractivity contribution in [1.82, 2.24) is 14.8 Å². The Labute approximate surface area is 222 Å². The monoisotopic (exact) mass is 514 g/mol. The standard InChI is InChI=1S/C30H31ClN4O2/c31-28-11-5-10-27(33-28)30(19-32)12-14-34(15-13-30)17-20-16-23-24(22-7-2-1-6-21(20)22)18-35(29(23)37)25-8-3-4-9-26(25)36/h1-2,5-7,10-11,16,25-26,36H,3-4,8-9,12-15,17-18H2. The number of hydrogen-bond acceptors (Lipinski definition) is 5. The van der Waals surface area contributed by atoms with E-state index in [2.05, 4.69) is 40.2 Å². The first kappa shape index (κ1) is 24.4. The van der Waals surface area contributed by atoms with Crippen LogP contribution in [0.15, 0.2) is 48.5 Å². The van der Waals surface area contributed by atoms with Gasteiger partial charge in [-0.15, -0.1) is 0 Å². The minimum atomic E-state index is -0.626.